The standard InChI is InChI=1S/C33H48BN3O4.ClH/c1-8-20(4)28(36-30(38)25(35)16-22-14-11-13-21-12-9-10-15-24(21)22)31(39)37-29(19(2)3)34-40-27-18-23-17-26(32(23,5)6)33(27,7)41-34;/h9-15,19-20,23,25-29H,8,16-18,35H2,1-7H3,(H,36,38)(H,37,39);1H/t20?,23-,25+,26-,27+,28-,29-,33-;/m0./s1. The predicted octanol–water partition coefficient (Wildman–Crippen LogP) is 0.936. The molecule has 8 atom stereocenters. The van der Waals surface area contributed by atoms with E-state index < -0.39 is 19.2 Å². The van der Waals surface area contributed by atoms with Gasteiger partial charge in [0.25, 0.3) is 5.91 Å². The highest BCUT2D eigenvalue weighted by Gasteiger charge is 2.68. The van der Waals surface area contributed by atoms with Crippen LogP contribution < -0.4 is 28.8 Å². The topological polar surface area (TPSA) is 104 Å². The molecule has 3 aliphatic carbocycles. The van der Waals surface area contributed by atoms with E-state index in [0.717, 1.165) is 29.2 Å². The summed E-state index contributed by atoms with van der Waals surface area (Å²) in [5.41, 5.74) is 5.17. The van der Waals surface area contributed by atoms with Gasteiger partial charge in [-0.1, -0.05) is 90.4 Å². The van der Waals surface area contributed by atoms with Crippen LogP contribution in [0.3, 0.4) is 0 Å². The van der Waals surface area contributed by atoms with Crippen molar-refractivity contribution in [3.05, 3.63) is 48.0 Å². The summed E-state index contributed by atoms with van der Waals surface area (Å²) in [6, 6.07) is 13.1. The van der Waals surface area contributed by atoms with E-state index in [4.69, 9.17) is 9.31 Å². The molecule has 9 heteroatoms. The van der Waals surface area contributed by atoms with Gasteiger partial charge in [-0.05, 0) is 65.2 Å². The van der Waals surface area contributed by atoms with Gasteiger partial charge in [0.15, 0.2) is 6.04 Å². The van der Waals surface area contributed by atoms with Gasteiger partial charge in [-0.25, -0.2) is 0 Å². The Balaban J connectivity index is 0.00000405. The van der Waals surface area contributed by atoms with Crippen LogP contribution >= 0.6 is 0 Å². The van der Waals surface area contributed by atoms with E-state index >= 15 is 0 Å². The molecule has 5 N–H and O–H groups in total. The summed E-state index contributed by atoms with van der Waals surface area (Å²) in [6.45, 7) is 15.1. The van der Waals surface area contributed by atoms with E-state index in [1.807, 2.05) is 38.1 Å². The first-order valence-electron chi connectivity index (χ1n) is 15.6. The number of carbonyl (C=O) groups excluding carboxylic acids is 2. The molecule has 42 heavy (non-hydrogen) atoms. The number of nitrogens with one attached hydrogen (secondary N) is 2. The Morgan fingerprint density at radius 2 is 1.71 bits per heavy atom. The zero-order chi connectivity index (χ0) is 29.7. The highest BCUT2D eigenvalue weighted by molar-refractivity contribution is 6.48. The molecule has 3 saturated carbocycles. The zero-order valence-corrected chi connectivity index (χ0v) is 27.0. The Kier molecular flexibility index (Phi) is 9.73. The van der Waals surface area contributed by atoms with E-state index in [9.17, 15) is 9.59 Å². The van der Waals surface area contributed by atoms with E-state index in [0.29, 0.717) is 18.3 Å². The fourth-order valence-electron chi connectivity index (χ4n) is 7.66. The van der Waals surface area contributed by atoms with Gasteiger partial charge in [-0.2, -0.15) is 0 Å². The van der Waals surface area contributed by atoms with Crippen LogP contribution in [0.2, 0.25) is 0 Å². The zero-order valence-electron chi connectivity index (χ0n) is 26.3. The van der Waals surface area contributed by atoms with Crippen molar-refractivity contribution in [1.29, 1.82) is 0 Å². The Morgan fingerprint density at radius 1 is 1.02 bits per heavy atom. The molecular weight excluding hydrogens is 549 g/mol. The lowest BCUT2D eigenvalue weighted by Gasteiger charge is -2.64. The third-order valence-corrected chi connectivity index (χ3v) is 10.8. The highest BCUT2D eigenvalue weighted by atomic mass is 35.5. The molecule has 230 valence electrons. The van der Waals surface area contributed by atoms with Crippen LogP contribution in [0.25, 0.3) is 10.8 Å². The number of quaternary nitrogens is 1. The van der Waals surface area contributed by atoms with Gasteiger partial charge < -0.3 is 38.1 Å². The van der Waals surface area contributed by atoms with Crippen molar-refractivity contribution in [2.75, 3.05) is 0 Å². The molecule has 1 aliphatic heterocycles. The largest absolute Gasteiger partial charge is 1.00 e. The average Bonchev–Trinajstić information content (AvgIpc) is 3.30. The van der Waals surface area contributed by atoms with Crippen LogP contribution in [0, 0.1) is 29.1 Å². The smallest absolute Gasteiger partial charge is 0.481 e. The van der Waals surface area contributed by atoms with Crippen molar-refractivity contribution in [1.82, 2.24) is 10.6 Å². The molecule has 4 fully saturated rings. The van der Waals surface area contributed by atoms with Gasteiger partial charge >= 0.3 is 7.12 Å². The van der Waals surface area contributed by atoms with Crippen molar-refractivity contribution in [2.45, 2.75) is 104 Å². The molecule has 2 bridgehead atoms. The number of hydrogen-bond donors (Lipinski definition) is 3. The predicted molar refractivity (Wildman–Crippen MR) is 163 cm³/mol. The van der Waals surface area contributed by atoms with Crippen molar-refractivity contribution >= 4 is 29.7 Å². The molecule has 6 rings (SSSR count). The quantitative estimate of drug-likeness (QED) is 0.355. The molecule has 2 aromatic rings. The molecule has 1 unspecified atom stereocenters. The molecule has 7 nitrogen and oxygen atoms in total. The first-order valence-corrected chi connectivity index (χ1v) is 15.6. The fourth-order valence-corrected chi connectivity index (χ4v) is 7.66. The summed E-state index contributed by atoms with van der Waals surface area (Å²) < 4.78 is 13.3. The molecule has 2 amide bonds. The van der Waals surface area contributed by atoms with Crippen LogP contribution in [0.15, 0.2) is 42.5 Å². The Morgan fingerprint density at radius 3 is 2.38 bits per heavy atom. The van der Waals surface area contributed by atoms with Crippen molar-refractivity contribution < 1.29 is 37.0 Å². The number of fused-ring (bicyclic) bond motifs is 1. The second-order valence-electron chi connectivity index (χ2n) is 14.0. The van der Waals surface area contributed by atoms with Crippen LogP contribution in [-0.2, 0) is 25.3 Å². The first-order chi connectivity index (χ1) is 19.4. The Bertz CT molecular complexity index is 1290. The van der Waals surface area contributed by atoms with Gasteiger partial charge in [-0.3, -0.25) is 9.59 Å². The Labute approximate surface area is 258 Å². The second kappa shape index (κ2) is 12.5. The summed E-state index contributed by atoms with van der Waals surface area (Å²) in [5.74, 6) is 0.435. The molecule has 0 radical (unpaired) electrons. The number of rotatable bonds is 10. The minimum absolute atomic E-state index is 0. The normalized spacial score (nSPS) is 28.6. The van der Waals surface area contributed by atoms with Crippen LogP contribution in [0.4, 0.5) is 0 Å². The molecule has 0 aromatic heterocycles. The SMILES string of the molecule is CCC(C)[C@H](NC(=O)[C@H]([NH3+])Cc1cccc2ccccc12)C(=O)N[C@H](B1O[C@@H]2C[C@@H]3C[C@@H](C3(C)C)[C@]2(C)O1)C(C)C.[Cl-]. The van der Waals surface area contributed by atoms with E-state index in [-0.39, 0.29) is 59.1 Å². The maximum atomic E-state index is 13.8. The van der Waals surface area contributed by atoms with Crippen molar-refractivity contribution in [2.24, 2.45) is 29.1 Å². The second-order valence-corrected chi connectivity index (χ2v) is 14.0. The molecule has 1 heterocycles. The molecule has 2 aromatic carbocycles. The third-order valence-electron chi connectivity index (χ3n) is 10.8. The fraction of sp³-hybridized carbons (Fsp3) is 0.636. The Hall–Kier alpha value is -2.13. The lowest BCUT2D eigenvalue weighted by Crippen LogP contribution is -3.00. The molecular formula is C33H49BClN3O4. The van der Waals surface area contributed by atoms with Crippen LogP contribution in [0.5, 0.6) is 0 Å². The summed E-state index contributed by atoms with van der Waals surface area (Å²) in [5, 5.41) is 8.56. The number of hydrogen-bond acceptors (Lipinski definition) is 4. The van der Waals surface area contributed by atoms with E-state index in [1.165, 1.54) is 6.42 Å². The van der Waals surface area contributed by atoms with Crippen molar-refractivity contribution in [3.8, 4) is 0 Å². The van der Waals surface area contributed by atoms with Gasteiger partial charge in [0.05, 0.1) is 17.6 Å². The lowest BCUT2D eigenvalue weighted by atomic mass is 9.43. The lowest BCUT2D eigenvalue weighted by molar-refractivity contribution is -0.403. The van der Waals surface area contributed by atoms with Gasteiger partial charge in [0, 0.05) is 6.42 Å². The highest BCUT2D eigenvalue weighted by Crippen LogP contribution is 2.65. The molecule has 0 spiro atoms. The summed E-state index contributed by atoms with van der Waals surface area (Å²) in [7, 11) is -0.510. The van der Waals surface area contributed by atoms with Gasteiger partial charge in [0.2, 0.25) is 5.91 Å². The maximum absolute atomic E-state index is 13.8. The minimum atomic E-state index is -0.670. The number of benzene rings is 2. The summed E-state index contributed by atoms with van der Waals surface area (Å²) >= 11 is 0. The molecule has 1 saturated heterocycles. The van der Waals surface area contributed by atoms with E-state index in [1.54, 1.807) is 0 Å². The number of halogens is 1. The average molecular weight is 598 g/mol. The molecule has 4 aliphatic rings. The maximum Gasteiger partial charge on any atom is 0.481 e. The monoisotopic (exact) mass is 597 g/mol. The van der Waals surface area contributed by atoms with Crippen LogP contribution in [0.1, 0.15) is 73.3 Å². The van der Waals surface area contributed by atoms with Crippen molar-refractivity contribution in [3.63, 3.8) is 0 Å². The first kappa shape index (κ1) is 32.8. The summed E-state index contributed by atoms with van der Waals surface area (Å²) in [4.78, 5) is 27.2. The van der Waals surface area contributed by atoms with Gasteiger partial charge in [0.1, 0.15) is 6.04 Å². The number of amides is 2. The summed E-state index contributed by atoms with van der Waals surface area (Å²) in [6.07, 6.45) is 3.49. The van der Waals surface area contributed by atoms with E-state index in [2.05, 4.69) is 69.2 Å². The number of carbonyl (C=O) groups is 2. The minimum Gasteiger partial charge on any atom is -1.00 e. The van der Waals surface area contributed by atoms with Gasteiger partial charge in [-0.15, -0.1) is 0 Å². The third kappa shape index (κ3) is 5.84. The van der Waals surface area contributed by atoms with Crippen LogP contribution in [-0.4, -0.2) is 48.7 Å².